The molecule has 0 fully saturated rings. The van der Waals surface area contributed by atoms with Crippen molar-refractivity contribution in [2.75, 3.05) is 18.1 Å². The van der Waals surface area contributed by atoms with Gasteiger partial charge in [-0.2, -0.15) is 0 Å². The summed E-state index contributed by atoms with van der Waals surface area (Å²) in [5.74, 6) is 0.523. The van der Waals surface area contributed by atoms with Gasteiger partial charge in [-0.1, -0.05) is 37.3 Å². The SMILES string of the molecule is CCCS(=O)(=O)CCNC(C)(C)CCc1ccccc1. The van der Waals surface area contributed by atoms with E-state index in [4.69, 9.17) is 0 Å². The second kappa shape index (κ2) is 7.79. The minimum atomic E-state index is -2.88. The maximum atomic E-state index is 11.7. The molecule has 4 heteroatoms. The monoisotopic (exact) mass is 297 g/mol. The highest BCUT2D eigenvalue weighted by atomic mass is 32.2. The second-order valence-electron chi connectivity index (χ2n) is 5.95. The van der Waals surface area contributed by atoms with Crippen molar-refractivity contribution in [3.05, 3.63) is 35.9 Å². The van der Waals surface area contributed by atoms with Crippen LogP contribution in [-0.4, -0.2) is 32.0 Å². The van der Waals surface area contributed by atoms with Crippen molar-refractivity contribution in [2.24, 2.45) is 0 Å². The number of hydrogen-bond acceptors (Lipinski definition) is 3. The zero-order valence-corrected chi connectivity index (χ0v) is 13.7. The van der Waals surface area contributed by atoms with Crippen LogP contribution in [0.5, 0.6) is 0 Å². The molecule has 0 unspecified atom stereocenters. The smallest absolute Gasteiger partial charge is 0.151 e. The number of sulfone groups is 1. The minimum Gasteiger partial charge on any atom is -0.311 e. The first kappa shape index (κ1) is 17.2. The van der Waals surface area contributed by atoms with Crippen molar-refractivity contribution in [1.29, 1.82) is 0 Å². The Hall–Kier alpha value is -0.870. The number of rotatable bonds is 9. The van der Waals surface area contributed by atoms with E-state index in [9.17, 15) is 8.42 Å². The number of aryl methyl sites for hydroxylation is 1. The van der Waals surface area contributed by atoms with Crippen LogP contribution < -0.4 is 5.32 Å². The molecule has 20 heavy (non-hydrogen) atoms. The summed E-state index contributed by atoms with van der Waals surface area (Å²) in [4.78, 5) is 0. The average molecular weight is 297 g/mol. The lowest BCUT2D eigenvalue weighted by Crippen LogP contribution is -2.42. The predicted molar refractivity (Wildman–Crippen MR) is 85.8 cm³/mol. The van der Waals surface area contributed by atoms with Crippen molar-refractivity contribution in [2.45, 2.75) is 45.6 Å². The summed E-state index contributed by atoms with van der Waals surface area (Å²) in [6.07, 6.45) is 2.69. The van der Waals surface area contributed by atoms with Gasteiger partial charge in [0.1, 0.15) is 0 Å². The highest BCUT2D eigenvalue weighted by Crippen LogP contribution is 2.13. The van der Waals surface area contributed by atoms with Crippen LogP contribution >= 0.6 is 0 Å². The van der Waals surface area contributed by atoms with Crippen LogP contribution in [0.2, 0.25) is 0 Å². The van der Waals surface area contributed by atoms with Crippen LogP contribution in [-0.2, 0) is 16.3 Å². The molecule has 0 aliphatic heterocycles. The Morgan fingerprint density at radius 2 is 1.75 bits per heavy atom. The fourth-order valence-corrected chi connectivity index (χ4v) is 3.39. The third-order valence-corrected chi connectivity index (χ3v) is 5.27. The van der Waals surface area contributed by atoms with Gasteiger partial charge >= 0.3 is 0 Å². The van der Waals surface area contributed by atoms with Crippen LogP contribution in [0.25, 0.3) is 0 Å². The predicted octanol–water partition coefficient (Wildman–Crippen LogP) is 2.81. The van der Waals surface area contributed by atoms with Crippen molar-refractivity contribution >= 4 is 9.84 Å². The summed E-state index contributed by atoms with van der Waals surface area (Å²) < 4.78 is 23.3. The Bertz CT molecular complexity index is 480. The quantitative estimate of drug-likeness (QED) is 0.762. The van der Waals surface area contributed by atoms with Gasteiger partial charge < -0.3 is 5.32 Å². The van der Waals surface area contributed by atoms with E-state index in [1.165, 1.54) is 5.56 Å². The van der Waals surface area contributed by atoms with E-state index in [0.717, 1.165) is 12.8 Å². The van der Waals surface area contributed by atoms with Gasteiger partial charge in [0.15, 0.2) is 9.84 Å². The summed E-state index contributed by atoms with van der Waals surface area (Å²) in [6.45, 7) is 6.68. The van der Waals surface area contributed by atoms with Crippen LogP contribution in [0, 0.1) is 0 Å². The molecule has 1 N–H and O–H groups in total. The van der Waals surface area contributed by atoms with Gasteiger partial charge in [-0.25, -0.2) is 8.42 Å². The van der Waals surface area contributed by atoms with Crippen LogP contribution in [0.15, 0.2) is 30.3 Å². The summed E-state index contributed by atoms with van der Waals surface area (Å²) in [7, 11) is -2.88. The molecule has 0 spiro atoms. The van der Waals surface area contributed by atoms with E-state index in [0.29, 0.717) is 18.7 Å². The highest BCUT2D eigenvalue weighted by molar-refractivity contribution is 7.91. The molecule has 0 bridgehead atoms. The number of nitrogens with one attached hydrogen (secondary N) is 1. The molecule has 0 amide bonds. The molecule has 0 aliphatic rings. The molecular formula is C16H27NO2S. The van der Waals surface area contributed by atoms with E-state index in [2.05, 4.69) is 31.3 Å². The number of hydrogen-bond donors (Lipinski definition) is 1. The van der Waals surface area contributed by atoms with Crippen molar-refractivity contribution in [1.82, 2.24) is 5.32 Å². The lowest BCUT2D eigenvalue weighted by Gasteiger charge is -2.26. The van der Waals surface area contributed by atoms with Crippen LogP contribution in [0.4, 0.5) is 0 Å². The standard InChI is InChI=1S/C16H27NO2S/c1-4-13-20(18,19)14-12-17-16(2,3)11-10-15-8-6-5-7-9-15/h5-9,17H,4,10-14H2,1-3H3. The fraction of sp³-hybridized carbons (Fsp3) is 0.625. The molecule has 1 aromatic rings. The maximum Gasteiger partial charge on any atom is 0.151 e. The van der Waals surface area contributed by atoms with E-state index < -0.39 is 9.84 Å². The Balaban J connectivity index is 2.34. The summed E-state index contributed by atoms with van der Waals surface area (Å²) in [5, 5.41) is 3.36. The molecule has 0 saturated carbocycles. The number of benzene rings is 1. The lowest BCUT2D eigenvalue weighted by molar-refractivity contribution is 0.372. The van der Waals surface area contributed by atoms with Crippen molar-refractivity contribution in [3.63, 3.8) is 0 Å². The first-order valence-electron chi connectivity index (χ1n) is 7.34. The van der Waals surface area contributed by atoms with Crippen LogP contribution in [0.1, 0.15) is 39.2 Å². The topological polar surface area (TPSA) is 46.2 Å². The zero-order valence-electron chi connectivity index (χ0n) is 12.9. The lowest BCUT2D eigenvalue weighted by atomic mass is 9.95. The van der Waals surface area contributed by atoms with Gasteiger partial charge in [0.2, 0.25) is 0 Å². The van der Waals surface area contributed by atoms with Gasteiger partial charge in [0.05, 0.1) is 5.75 Å². The molecule has 114 valence electrons. The summed E-state index contributed by atoms with van der Waals surface area (Å²) in [5.41, 5.74) is 1.28. The Morgan fingerprint density at radius 3 is 2.35 bits per heavy atom. The second-order valence-corrected chi connectivity index (χ2v) is 8.25. The molecule has 3 nitrogen and oxygen atoms in total. The molecule has 0 radical (unpaired) electrons. The summed E-state index contributed by atoms with van der Waals surface area (Å²) in [6, 6.07) is 10.4. The zero-order chi connectivity index (χ0) is 15.1. The van der Waals surface area contributed by atoms with E-state index in [1.807, 2.05) is 25.1 Å². The van der Waals surface area contributed by atoms with Gasteiger partial charge in [-0.3, -0.25) is 0 Å². The molecule has 1 rings (SSSR count). The molecular weight excluding hydrogens is 270 g/mol. The van der Waals surface area contributed by atoms with Gasteiger partial charge in [0, 0.05) is 17.8 Å². The van der Waals surface area contributed by atoms with E-state index in [-0.39, 0.29) is 11.3 Å². The Kier molecular flexibility index (Phi) is 6.69. The first-order chi connectivity index (χ1) is 9.35. The normalized spacial score (nSPS) is 12.6. The van der Waals surface area contributed by atoms with Gasteiger partial charge in [-0.05, 0) is 38.7 Å². The Morgan fingerprint density at radius 1 is 1.10 bits per heavy atom. The van der Waals surface area contributed by atoms with Crippen LogP contribution in [0.3, 0.4) is 0 Å². The van der Waals surface area contributed by atoms with Crippen molar-refractivity contribution < 1.29 is 8.42 Å². The molecule has 0 aliphatic carbocycles. The Labute approximate surface area is 123 Å². The van der Waals surface area contributed by atoms with Crippen molar-refractivity contribution in [3.8, 4) is 0 Å². The van der Waals surface area contributed by atoms with Gasteiger partial charge in [0.25, 0.3) is 0 Å². The molecule has 0 heterocycles. The third kappa shape index (κ3) is 7.06. The molecule has 0 aromatic heterocycles. The average Bonchev–Trinajstić information content (AvgIpc) is 2.37. The van der Waals surface area contributed by atoms with E-state index in [1.54, 1.807) is 0 Å². The maximum absolute atomic E-state index is 11.7. The first-order valence-corrected chi connectivity index (χ1v) is 9.16. The van der Waals surface area contributed by atoms with E-state index >= 15 is 0 Å². The fourth-order valence-electron chi connectivity index (χ4n) is 2.15. The largest absolute Gasteiger partial charge is 0.311 e. The summed E-state index contributed by atoms with van der Waals surface area (Å²) >= 11 is 0. The third-order valence-electron chi connectivity index (χ3n) is 3.41. The van der Waals surface area contributed by atoms with Gasteiger partial charge in [-0.15, -0.1) is 0 Å². The minimum absolute atomic E-state index is 0.0441. The molecule has 0 atom stereocenters. The molecule has 0 saturated heterocycles. The molecule has 1 aromatic carbocycles. The highest BCUT2D eigenvalue weighted by Gasteiger charge is 2.18.